The highest BCUT2D eigenvalue weighted by Crippen LogP contribution is 2.20. The second kappa shape index (κ2) is 5.42. The maximum absolute atomic E-state index is 9.07. The molecule has 0 saturated heterocycles. The Morgan fingerprint density at radius 2 is 2.00 bits per heavy atom. The number of imidazole rings is 1. The summed E-state index contributed by atoms with van der Waals surface area (Å²) in [4.78, 5) is 12.0. The molecule has 4 N–H and O–H groups in total. The van der Waals surface area contributed by atoms with Gasteiger partial charge in [-0.1, -0.05) is 15.9 Å². The fourth-order valence-corrected chi connectivity index (χ4v) is 2.06. The fraction of sp³-hybridized carbons (Fsp3) is 0.300. The molecule has 0 atom stereocenters. The standard InChI is InChI=1S/C10H12BrN5O2/c11-7(6(2-17)3-18)1-16-5-15-10-8(16)9(12)13-4-14-10/h4-5,17-18H,1-3H2,(H2,12,13,14). The zero-order chi connectivity index (χ0) is 13.1. The summed E-state index contributed by atoms with van der Waals surface area (Å²) in [5.74, 6) is 0.340. The molecule has 0 aliphatic rings. The van der Waals surface area contributed by atoms with Crippen molar-refractivity contribution in [1.82, 2.24) is 19.5 Å². The number of halogens is 1. The highest BCUT2D eigenvalue weighted by Gasteiger charge is 2.10. The second-order valence-corrected chi connectivity index (χ2v) is 4.59. The van der Waals surface area contributed by atoms with E-state index in [1.54, 1.807) is 10.9 Å². The molecule has 2 heterocycles. The van der Waals surface area contributed by atoms with E-state index in [-0.39, 0.29) is 13.2 Å². The van der Waals surface area contributed by atoms with Crippen molar-refractivity contribution >= 4 is 32.9 Å². The highest BCUT2D eigenvalue weighted by atomic mass is 79.9. The van der Waals surface area contributed by atoms with Gasteiger partial charge in [0.05, 0.1) is 26.1 Å². The van der Waals surface area contributed by atoms with Gasteiger partial charge in [0, 0.05) is 4.48 Å². The van der Waals surface area contributed by atoms with Crippen molar-refractivity contribution in [3.05, 3.63) is 22.7 Å². The van der Waals surface area contributed by atoms with E-state index in [1.165, 1.54) is 6.33 Å². The van der Waals surface area contributed by atoms with Crippen LogP contribution >= 0.6 is 15.9 Å². The Hall–Kier alpha value is -1.51. The lowest BCUT2D eigenvalue weighted by Gasteiger charge is -2.08. The van der Waals surface area contributed by atoms with E-state index in [9.17, 15) is 0 Å². The molecule has 8 heteroatoms. The number of rotatable bonds is 4. The van der Waals surface area contributed by atoms with Crippen molar-refractivity contribution < 1.29 is 10.2 Å². The minimum Gasteiger partial charge on any atom is -0.392 e. The van der Waals surface area contributed by atoms with Crippen LogP contribution in [0.1, 0.15) is 0 Å². The van der Waals surface area contributed by atoms with Crippen LogP contribution in [0.4, 0.5) is 5.82 Å². The first kappa shape index (κ1) is 12.9. The van der Waals surface area contributed by atoms with Crippen LogP contribution in [0.15, 0.2) is 22.7 Å². The van der Waals surface area contributed by atoms with E-state index in [0.29, 0.717) is 33.6 Å². The molecule has 2 aromatic rings. The molecule has 0 amide bonds. The predicted molar refractivity (Wildman–Crippen MR) is 69.9 cm³/mol. The topological polar surface area (TPSA) is 110 Å². The lowest BCUT2D eigenvalue weighted by atomic mass is 10.3. The first-order valence-corrected chi connectivity index (χ1v) is 5.96. The summed E-state index contributed by atoms with van der Waals surface area (Å²) in [6, 6.07) is 0. The Bertz CT molecular complexity index is 589. The van der Waals surface area contributed by atoms with Crippen molar-refractivity contribution in [3.8, 4) is 0 Å². The summed E-state index contributed by atoms with van der Waals surface area (Å²) in [7, 11) is 0. The number of aliphatic hydroxyl groups excluding tert-OH is 2. The number of nitrogens with zero attached hydrogens (tertiary/aromatic N) is 4. The van der Waals surface area contributed by atoms with Gasteiger partial charge in [0.25, 0.3) is 0 Å². The number of allylic oxidation sites excluding steroid dienone is 1. The molecular weight excluding hydrogens is 302 g/mol. The van der Waals surface area contributed by atoms with Crippen LogP contribution < -0.4 is 5.73 Å². The Morgan fingerprint density at radius 1 is 1.28 bits per heavy atom. The molecular formula is C10H12BrN5O2. The molecule has 0 aliphatic heterocycles. The Morgan fingerprint density at radius 3 is 2.67 bits per heavy atom. The third-order valence-corrected chi connectivity index (χ3v) is 3.32. The third-order valence-electron chi connectivity index (χ3n) is 2.51. The molecule has 7 nitrogen and oxygen atoms in total. The molecule has 0 bridgehead atoms. The lowest BCUT2D eigenvalue weighted by molar-refractivity contribution is 0.275. The third kappa shape index (κ3) is 2.35. The van der Waals surface area contributed by atoms with E-state index in [1.807, 2.05) is 0 Å². The number of hydrogen-bond acceptors (Lipinski definition) is 6. The van der Waals surface area contributed by atoms with Gasteiger partial charge in [-0.25, -0.2) is 15.0 Å². The molecule has 2 rings (SSSR count). The molecule has 2 aromatic heterocycles. The van der Waals surface area contributed by atoms with Gasteiger partial charge in [0.2, 0.25) is 0 Å². The van der Waals surface area contributed by atoms with E-state index < -0.39 is 0 Å². The monoisotopic (exact) mass is 313 g/mol. The van der Waals surface area contributed by atoms with Crippen molar-refractivity contribution in [3.63, 3.8) is 0 Å². The Kier molecular flexibility index (Phi) is 3.90. The number of hydrogen-bond donors (Lipinski definition) is 3. The molecule has 0 radical (unpaired) electrons. The number of nitrogens with two attached hydrogens (primary N) is 1. The van der Waals surface area contributed by atoms with Crippen molar-refractivity contribution in [2.24, 2.45) is 0 Å². The molecule has 18 heavy (non-hydrogen) atoms. The fourth-order valence-electron chi connectivity index (χ4n) is 1.54. The summed E-state index contributed by atoms with van der Waals surface area (Å²) in [5.41, 5.74) is 7.42. The van der Waals surface area contributed by atoms with Gasteiger partial charge in [0.15, 0.2) is 11.5 Å². The molecule has 96 valence electrons. The van der Waals surface area contributed by atoms with Gasteiger partial charge in [-0.05, 0) is 5.57 Å². The largest absolute Gasteiger partial charge is 0.392 e. The quantitative estimate of drug-likeness (QED) is 0.735. The number of aromatic nitrogens is 4. The van der Waals surface area contributed by atoms with Crippen LogP contribution in [0.25, 0.3) is 11.2 Å². The average molecular weight is 314 g/mol. The first-order chi connectivity index (χ1) is 8.67. The van der Waals surface area contributed by atoms with Crippen molar-refractivity contribution in [1.29, 1.82) is 0 Å². The van der Waals surface area contributed by atoms with E-state index >= 15 is 0 Å². The van der Waals surface area contributed by atoms with Gasteiger partial charge >= 0.3 is 0 Å². The number of nitrogen functional groups attached to an aromatic ring is 1. The van der Waals surface area contributed by atoms with Gasteiger partial charge in [-0.15, -0.1) is 0 Å². The van der Waals surface area contributed by atoms with Crippen LogP contribution in [0, 0.1) is 0 Å². The predicted octanol–water partition coefficient (Wildman–Crippen LogP) is 0.0421. The highest BCUT2D eigenvalue weighted by molar-refractivity contribution is 9.11. The molecule has 0 aromatic carbocycles. The number of aliphatic hydroxyl groups is 2. The first-order valence-electron chi connectivity index (χ1n) is 5.16. The van der Waals surface area contributed by atoms with Crippen LogP contribution in [-0.2, 0) is 6.54 Å². The van der Waals surface area contributed by atoms with Crippen LogP contribution in [0.2, 0.25) is 0 Å². The van der Waals surface area contributed by atoms with Gasteiger partial charge in [0.1, 0.15) is 11.8 Å². The lowest BCUT2D eigenvalue weighted by Crippen LogP contribution is -2.05. The summed E-state index contributed by atoms with van der Waals surface area (Å²) in [6.07, 6.45) is 2.94. The van der Waals surface area contributed by atoms with E-state index in [0.717, 1.165) is 0 Å². The zero-order valence-corrected chi connectivity index (χ0v) is 11.0. The maximum atomic E-state index is 9.07. The second-order valence-electron chi connectivity index (χ2n) is 3.63. The Balaban J connectivity index is 2.41. The summed E-state index contributed by atoms with van der Waals surface area (Å²) in [6.45, 7) is -0.0318. The van der Waals surface area contributed by atoms with E-state index in [4.69, 9.17) is 15.9 Å². The maximum Gasteiger partial charge on any atom is 0.182 e. The van der Waals surface area contributed by atoms with Crippen LogP contribution in [0.3, 0.4) is 0 Å². The normalized spacial score (nSPS) is 10.8. The number of fused-ring (bicyclic) bond motifs is 1. The SMILES string of the molecule is Nc1ncnc2ncn(CC(Br)=C(CO)CO)c12. The van der Waals surface area contributed by atoms with Gasteiger partial charge in [-0.2, -0.15) is 0 Å². The molecule has 0 spiro atoms. The molecule has 0 fully saturated rings. The molecule has 0 aliphatic carbocycles. The summed E-state index contributed by atoms with van der Waals surface area (Å²) >= 11 is 3.33. The van der Waals surface area contributed by atoms with Crippen LogP contribution in [0.5, 0.6) is 0 Å². The summed E-state index contributed by atoms with van der Waals surface area (Å²) in [5, 5.41) is 18.1. The summed E-state index contributed by atoms with van der Waals surface area (Å²) < 4.78 is 2.43. The van der Waals surface area contributed by atoms with Gasteiger partial charge < -0.3 is 20.5 Å². The molecule has 0 saturated carbocycles. The zero-order valence-electron chi connectivity index (χ0n) is 9.41. The average Bonchev–Trinajstić information content (AvgIpc) is 2.75. The van der Waals surface area contributed by atoms with Crippen LogP contribution in [-0.4, -0.2) is 42.9 Å². The number of anilines is 1. The van der Waals surface area contributed by atoms with Crippen molar-refractivity contribution in [2.45, 2.75) is 6.54 Å². The van der Waals surface area contributed by atoms with E-state index in [2.05, 4.69) is 30.9 Å². The molecule has 0 unspecified atom stereocenters. The van der Waals surface area contributed by atoms with Crippen molar-refractivity contribution in [2.75, 3.05) is 18.9 Å². The Labute approximate surface area is 111 Å². The van der Waals surface area contributed by atoms with Gasteiger partial charge in [-0.3, -0.25) is 0 Å². The smallest absolute Gasteiger partial charge is 0.182 e. The minimum absolute atomic E-state index is 0.213. The minimum atomic E-state index is -0.213.